The third-order valence-corrected chi connectivity index (χ3v) is 7.07. The minimum atomic E-state index is -0.168. The molecule has 150 valence electrons. The Labute approximate surface area is 166 Å². The van der Waals surface area contributed by atoms with Crippen LogP contribution in [0.15, 0.2) is 24.3 Å². The summed E-state index contributed by atoms with van der Waals surface area (Å²) >= 11 is 0. The molecule has 4 fully saturated rings. The monoisotopic (exact) mass is 370 g/mol. The lowest BCUT2D eigenvalue weighted by atomic mass is 9.54. The van der Waals surface area contributed by atoms with Gasteiger partial charge in [-0.1, -0.05) is 39.8 Å². The van der Waals surface area contributed by atoms with E-state index in [4.69, 9.17) is 9.47 Å². The van der Waals surface area contributed by atoms with Crippen molar-refractivity contribution in [1.29, 1.82) is 0 Å². The summed E-state index contributed by atoms with van der Waals surface area (Å²) in [5.41, 5.74) is 1.86. The van der Waals surface area contributed by atoms with Gasteiger partial charge in [0.05, 0.1) is 5.60 Å². The van der Waals surface area contributed by atoms with E-state index in [2.05, 4.69) is 58.9 Å². The first-order chi connectivity index (χ1) is 12.7. The highest BCUT2D eigenvalue weighted by Gasteiger charge is 2.52. The Kier molecular flexibility index (Phi) is 5.08. The number of ether oxygens (including phenoxy) is 2. The molecule has 0 spiro atoms. The van der Waals surface area contributed by atoms with Crippen LogP contribution in [0.3, 0.4) is 0 Å². The Morgan fingerprint density at radius 1 is 0.926 bits per heavy atom. The highest BCUT2D eigenvalue weighted by atomic mass is 16.7. The molecular formula is C25H38O2. The molecule has 0 N–H and O–H groups in total. The first kappa shape index (κ1) is 19.3. The fraction of sp³-hybridized carbons (Fsp3) is 0.760. The normalized spacial score (nSPS) is 34.5. The van der Waals surface area contributed by atoms with Gasteiger partial charge in [0.2, 0.25) is 0 Å². The number of benzene rings is 1. The van der Waals surface area contributed by atoms with Crippen molar-refractivity contribution in [3.8, 4) is 5.75 Å². The van der Waals surface area contributed by atoms with Crippen molar-refractivity contribution in [3.05, 3.63) is 29.8 Å². The summed E-state index contributed by atoms with van der Waals surface area (Å²) in [7, 11) is 0. The highest BCUT2D eigenvalue weighted by molar-refractivity contribution is 5.29. The molecule has 0 aliphatic heterocycles. The van der Waals surface area contributed by atoms with E-state index in [-0.39, 0.29) is 11.9 Å². The molecule has 4 aliphatic rings. The van der Waals surface area contributed by atoms with Crippen molar-refractivity contribution < 1.29 is 9.47 Å². The second-order valence-electron chi connectivity index (χ2n) is 11.1. The summed E-state index contributed by atoms with van der Waals surface area (Å²) in [6.45, 7) is 11.3. The molecule has 0 heterocycles. The molecule has 0 saturated heterocycles. The Bertz CT molecular complexity index is 604. The van der Waals surface area contributed by atoms with Crippen LogP contribution in [-0.2, 0) is 4.74 Å². The van der Waals surface area contributed by atoms with Crippen molar-refractivity contribution >= 4 is 0 Å². The average Bonchev–Trinajstić information content (AvgIpc) is 2.51. The van der Waals surface area contributed by atoms with Gasteiger partial charge in [0, 0.05) is 0 Å². The number of hydrogen-bond donors (Lipinski definition) is 0. The van der Waals surface area contributed by atoms with E-state index < -0.39 is 0 Å². The van der Waals surface area contributed by atoms with Crippen LogP contribution in [0.4, 0.5) is 0 Å². The van der Waals surface area contributed by atoms with Gasteiger partial charge in [0.25, 0.3) is 0 Å². The van der Waals surface area contributed by atoms with Crippen molar-refractivity contribution in [2.24, 2.45) is 23.2 Å². The predicted molar refractivity (Wildman–Crippen MR) is 111 cm³/mol. The lowest BCUT2D eigenvalue weighted by molar-refractivity contribution is -0.225. The lowest BCUT2D eigenvalue weighted by Crippen LogP contribution is -2.53. The maximum atomic E-state index is 6.58. The Morgan fingerprint density at radius 2 is 1.44 bits per heavy atom. The van der Waals surface area contributed by atoms with Gasteiger partial charge in [-0.05, 0) is 98.7 Å². The second kappa shape index (κ2) is 7.10. The number of rotatable bonds is 6. The summed E-state index contributed by atoms with van der Waals surface area (Å²) in [5.74, 6) is 4.23. The fourth-order valence-corrected chi connectivity index (χ4v) is 6.65. The minimum Gasteiger partial charge on any atom is -0.465 e. The molecule has 2 atom stereocenters. The van der Waals surface area contributed by atoms with Gasteiger partial charge >= 0.3 is 0 Å². The summed E-state index contributed by atoms with van der Waals surface area (Å²) in [4.78, 5) is 0. The largest absolute Gasteiger partial charge is 0.465 e. The summed E-state index contributed by atoms with van der Waals surface area (Å²) in [6.07, 6.45) is 9.16. The molecule has 4 saturated carbocycles. The topological polar surface area (TPSA) is 18.5 Å². The van der Waals surface area contributed by atoms with Crippen molar-refractivity contribution in [1.82, 2.24) is 0 Å². The Balaban J connectivity index is 1.34. The van der Waals surface area contributed by atoms with Crippen LogP contribution in [0.5, 0.6) is 5.75 Å². The average molecular weight is 371 g/mol. The Morgan fingerprint density at radius 3 is 1.93 bits per heavy atom. The molecule has 1 aromatic rings. The van der Waals surface area contributed by atoms with E-state index in [0.29, 0.717) is 11.3 Å². The molecule has 2 heteroatoms. The van der Waals surface area contributed by atoms with E-state index in [0.717, 1.165) is 23.5 Å². The maximum Gasteiger partial charge on any atom is 0.197 e. The molecule has 4 bridgehead atoms. The van der Waals surface area contributed by atoms with E-state index in [1.807, 2.05) is 0 Å². The zero-order valence-corrected chi connectivity index (χ0v) is 18.0. The zero-order valence-electron chi connectivity index (χ0n) is 18.0. The van der Waals surface area contributed by atoms with E-state index in [9.17, 15) is 0 Å². The maximum absolute atomic E-state index is 6.58. The molecule has 2 nitrogen and oxygen atoms in total. The second-order valence-corrected chi connectivity index (χ2v) is 11.1. The zero-order chi connectivity index (χ0) is 19.2. The van der Waals surface area contributed by atoms with Crippen LogP contribution in [0.1, 0.15) is 91.0 Å². The van der Waals surface area contributed by atoms with Gasteiger partial charge in [0.1, 0.15) is 5.75 Å². The van der Waals surface area contributed by atoms with Crippen molar-refractivity contribution in [2.75, 3.05) is 0 Å². The molecule has 2 unspecified atom stereocenters. The van der Waals surface area contributed by atoms with Crippen LogP contribution >= 0.6 is 0 Å². The molecule has 1 aromatic carbocycles. The van der Waals surface area contributed by atoms with E-state index in [1.54, 1.807) is 0 Å². The standard InChI is InChI=1S/C25H38O2/c1-17(13-24(3,4)5)22-6-8-23(9-7-22)26-18(2)27-25-14-19-10-20(15-25)12-21(11-19)16-25/h6-9,17-21H,10-16H2,1-5H3. The summed E-state index contributed by atoms with van der Waals surface area (Å²) in [5, 5.41) is 0. The number of hydrogen-bond acceptors (Lipinski definition) is 2. The van der Waals surface area contributed by atoms with Crippen LogP contribution in [0, 0.1) is 23.2 Å². The summed E-state index contributed by atoms with van der Waals surface area (Å²) in [6, 6.07) is 8.69. The van der Waals surface area contributed by atoms with E-state index >= 15 is 0 Å². The third kappa shape index (κ3) is 4.53. The van der Waals surface area contributed by atoms with Crippen LogP contribution < -0.4 is 4.74 Å². The highest BCUT2D eigenvalue weighted by Crippen LogP contribution is 2.57. The fourth-order valence-electron chi connectivity index (χ4n) is 6.65. The molecule has 0 amide bonds. The molecular weight excluding hydrogens is 332 g/mol. The van der Waals surface area contributed by atoms with E-state index in [1.165, 1.54) is 50.5 Å². The molecule has 4 aliphatic carbocycles. The van der Waals surface area contributed by atoms with Gasteiger partial charge in [-0.15, -0.1) is 0 Å². The quantitative estimate of drug-likeness (QED) is 0.505. The predicted octanol–water partition coefficient (Wildman–Crippen LogP) is 6.94. The smallest absolute Gasteiger partial charge is 0.197 e. The van der Waals surface area contributed by atoms with Crippen LogP contribution in [0.2, 0.25) is 0 Å². The first-order valence-corrected chi connectivity index (χ1v) is 11.1. The lowest BCUT2D eigenvalue weighted by Gasteiger charge is -2.56. The molecule has 0 aromatic heterocycles. The van der Waals surface area contributed by atoms with Gasteiger partial charge in [-0.25, -0.2) is 0 Å². The molecule has 0 radical (unpaired) electrons. The molecule has 27 heavy (non-hydrogen) atoms. The first-order valence-electron chi connectivity index (χ1n) is 11.1. The van der Waals surface area contributed by atoms with Crippen molar-refractivity contribution in [3.63, 3.8) is 0 Å². The van der Waals surface area contributed by atoms with Gasteiger partial charge in [-0.2, -0.15) is 0 Å². The SMILES string of the molecule is CC(Oc1ccc(C(C)CC(C)(C)C)cc1)OC12CC3CC(CC(C3)C1)C2. The van der Waals surface area contributed by atoms with Gasteiger partial charge in [0.15, 0.2) is 6.29 Å². The van der Waals surface area contributed by atoms with Gasteiger partial charge in [-0.3, -0.25) is 0 Å². The third-order valence-electron chi connectivity index (χ3n) is 7.07. The van der Waals surface area contributed by atoms with Crippen molar-refractivity contribution in [2.45, 2.75) is 97.4 Å². The minimum absolute atomic E-state index is 0.106. The van der Waals surface area contributed by atoms with Crippen LogP contribution in [-0.4, -0.2) is 11.9 Å². The summed E-state index contributed by atoms with van der Waals surface area (Å²) < 4.78 is 12.7. The van der Waals surface area contributed by atoms with Crippen LogP contribution in [0.25, 0.3) is 0 Å². The molecule has 5 rings (SSSR count). The van der Waals surface area contributed by atoms with Gasteiger partial charge < -0.3 is 9.47 Å². The Hall–Kier alpha value is -1.02.